The largest absolute Gasteiger partial charge is 0.461 e. The zero-order valence-corrected chi connectivity index (χ0v) is 32.0. The van der Waals surface area contributed by atoms with E-state index in [-0.39, 0.29) is 28.2 Å². The highest BCUT2D eigenvalue weighted by Gasteiger charge is 2.29. The lowest BCUT2D eigenvalue weighted by Crippen LogP contribution is -2.27. The number of rotatable bonds is 14. The van der Waals surface area contributed by atoms with E-state index in [9.17, 15) is 22.8 Å². The van der Waals surface area contributed by atoms with Gasteiger partial charge in [-0.1, -0.05) is 0 Å². The summed E-state index contributed by atoms with van der Waals surface area (Å²) in [7, 11) is 0. The molecule has 3 aromatic rings. The number of nitrogens with two attached hydrogens (primary N) is 4. The number of amides is 2. The fraction of sp³-hybridized carbons (Fsp3) is 0.152. The molecule has 3 aromatic carbocycles. The normalized spacial score (nSPS) is 12.2. The molecule has 2 amide bonds. The second-order valence-corrected chi connectivity index (χ2v) is 12.7. The Morgan fingerprint density at radius 1 is 0.500 bits per heavy atom. The fourth-order valence-corrected chi connectivity index (χ4v) is 4.89. The fourth-order valence-electron chi connectivity index (χ4n) is 4.54. The molecular weight excluding hydrogens is 784 g/mol. The van der Waals surface area contributed by atoms with Crippen molar-refractivity contribution in [2.45, 2.75) is 33.2 Å². The van der Waals surface area contributed by atoms with E-state index in [4.69, 9.17) is 44.6 Å². The van der Waals surface area contributed by atoms with Crippen LogP contribution in [0.5, 0.6) is 0 Å². The van der Waals surface area contributed by atoms with Gasteiger partial charge in [0, 0.05) is 50.4 Å². The zero-order chi connectivity index (χ0) is 43.3. The number of carbonyl (C=O) groups is 2. The monoisotopic (exact) mass is 823 g/mol. The van der Waals surface area contributed by atoms with Crippen LogP contribution in [0, 0.1) is 21.6 Å². The molecule has 0 aliphatic heterocycles. The highest BCUT2D eigenvalue weighted by atomic mass is 32.2. The van der Waals surface area contributed by atoms with Gasteiger partial charge < -0.3 is 38.3 Å². The standard InChI is InChI=1S/C33H40F3N19O2S/c1-14(47-51-29(37)38)18-5-19(15(2)48-52-30(39)40)9-24(8-18)45-27(56)22-7-23(13-26(12-22)55-58-33(34,35)36)28(57)46-25-10-20(16(3)49-53-31(41)42)6-21(11-25)17(4)50-54-32(43)44/h5-13,55H,1-4H3,(H,45,56)(H,46,57)(H4,37,38,51)(H4,39,40,52)(H4,41,42,53)(H4,43,44,54)/b47-14-,48-15-,49-16-,50-17+. The van der Waals surface area contributed by atoms with Crippen molar-refractivity contribution in [3.05, 3.63) is 88.0 Å². The number of benzene rings is 3. The second kappa shape index (κ2) is 19.8. The first-order valence-electron chi connectivity index (χ1n) is 16.3. The molecule has 21 nitrogen and oxygen atoms in total. The SMILES string of the molecule is C/C(=N/NC(=N)N)c1cc(NC(=O)c2cc(NSC(F)(F)F)cc(C(=O)Nc3cc(/C(C)=N\NC(=N)N)cc(/C(C)=N/NC(=N)N)c3)c2)cc(/C(C)=N\NC(=N)N)c1. The van der Waals surface area contributed by atoms with Gasteiger partial charge in [0.15, 0.2) is 0 Å². The first-order valence-corrected chi connectivity index (χ1v) is 17.1. The van der Waals surface area contributed by atoms with Gasteiger partial charge in [-0.15, -0.1) is 0 Å². The minimum Gasteiger partial charge on any atom is -0.369 e. The highest BCUT2D eigenvalue weighted by Crippen LogP contribution is 2.32. The molecule has 3 rings (SSSR count). The maximum absolute atomic E-state index is 13.8. The summed E-state index contributed by atoms with van der Waals surface area (Å²) in [6, 6.07) is 12.7. The van der Waals surface area contributed by atoms with Gasteiger partial charge in [-0.3, -0.25) is 31.2 Å². The summed E-state index contributed by atoms with van der Waals surface area (Å²) in [5.74, 6) is -3.40. The number of anilines is 3. The Bertz CT molecular complexity index is 2010. The van der Waals surface area contributed by atoms with E-state index >= 15 is 0 Å². The van der Waals surface area contributed by atoms with E-state index in [2.05, 4.69) is 57.5 Å². The number of halogens is 3. The van der Waals surface area contributed by atoms with Crippen molar-refractivity contribution < 1.29 is 22.8 Å². The summed E-state index contributed by atoms with van der Waals surface area (Å²) in [5, 5.41) is 51.1. The van der Waals surface area contributed by atoms with Gasteiger partial charge in [-0.05, 0) is 82.3 Å². The van der Waals surface area contributed by atoms with Crippen molar-refractivity contribution >= 4 is 87.5 Å². The molecule has 0 aromatic heterocycles. The van der Waals surface area contributed by atoms with Crippen LogP contribution in [-0.4, -0.2) is 64.0 Å². The molecule has 0 fully saturated rings. The van der Waals surface area contributed by atoms with E-state index in [1.165, 1.54) is 30.3 Å². The highest BCUT2D eigenvalue weighted by molar-refractivity contribution is 8.01. The molecule has 0 unspecified atom stereocenters. The average molecular weight is 824 g/mol. The Kier molecular flexibility index (Phi) is 15.2. The van der Waals surface area contributed by atoms with Crippen LogP contribution >= 0.6 is 11.9 Å². The van der Waals surface area contributed by atoms with Gasteiger partial charge >= 0.3 is 5.51 Å². The van der Waals surface area contributed by atoms with Crippen molar-refractivity contribution in [1.29, 1.82) is 21.6 Å². The minimum absolute atomic E-state index is 0.165. The van der Waals surface area contributed by atoms with Crippen molar-refractivity contribution in [2.75, 3.05) is 15.4 Å². The Balaban J connectivity index is 2.11. The predicted octanol–water partition coefficient (Wildman–Crippen LogP) is 2.60. The molecule has 306 valence electrons. The Morgan fingerprint density at radius 3 is 1.02 bits per heavy atom. The number of carbonyl (C=O) groups excluding carboxylic acids is 2. The van der Waals surface area contributed by atoms with Crippen LogP contribution in [0.3, 0.4) is 0 Å². The smallest absolute Gasteiger partial charge is 0.369 e. The van der Waals surface area contributed by atoms with Gasteiger partial charge in [0.25, 0.3) is 11.8 Å². The van der Waals surface area contributed by atoms with Crippen LogP contribution in [0.15, 0.2) is 75.0 Å². The van der Waals surface area contributed by atoms with Crippen LogP contribution in [-0.2, 0) is 0 Å². The molecule has 0 aliphatic rings. The van der Waals surface area contributed by atoms with Crippen molar-refractivity contribution in [1.82, 2.24) is 21.7 Å². The Labute approximate surface area is 333 Å². The topological polar surface area (TPSA) is 367 Å². The van der Waals surface area contributed by atoms with E-state index in [1.54, 1.807) is 39.8 Å². The molecule has 58 heavy (non-hydrogen) atoms. The van der Waals surface area contributed by atoms with Crippen molar-refractivity contribution in [3.8, 4) is 0 Å². The molecule has 0 atom stereocenters. The van der Waals surface area contributed by atoms with Crippen LogP contribution in [0.1, 0.15) is 70.7 Å². The number of alkyl halides is 3. The summed E-state index contributed by atoms with van der Waals surface area (Å²) >= 11 is -0.603. The Morgan fingerprint density at radius 2 is 0.759 bits per heavy atom. The third kappa shape index (κ3) is 14.5. The van der Waals surface area contributed by atoms with Gasteiger partial charge in [-0.2, -0.15) is 33.6 Å². The lowest BCUT2D eigenvalue weighted by molar-refractivity contribution is -0.0324. The summed E-state index contributed by atoms with van der Waals surface area (Å²) < 4.78 is 41.9. The average Bonchev–Trinajstić information content (AvgIpc) is 3.15. The molecule has 0 aliphatic carbocycles. The molecule has 19 N–H and O–H groups in total. The van der Waals surface area contributed by atoms with Crippen molar-refractivity contribution in [2.24, 2.45) is 43.3 Å². The number of guanidine groups is 4. The van der Waals surface area contributed by atoms with Crippen molar-refractivity contribution in [3.63, 3.8) is 0 Å². The third-order valence-electron chi connectivity index (χ3n) is 7.17. The number of hydrogen-bond donors (Lipinski definition) is 15. The summed E-state index contributed by atoms with van der Waals surface area (Å²) in [6.45, 7) is 6.36. The molecule has 0 saturated carbocycles. The molecule has 25 heteroatoms. The summed E-state index contributed by atoms with van der Waals surface area (Å²) in [5.41, 5.74) is 28.6. The number of hydrogen-bond acceptors (Lipinski definition) is 12. The summed E-state index contributed by atoms with van der Waals surface area (Å²) in [6.07, 6.45) is 0. The Hall–Kier alpha value is -7.70. The van der Waals surface area contributed by atoms with Crippen LogP contribution < -0.4 is 60.0 Å². The molecular formula is C33H40F3N19O2S. The first kappa shape index (κ1) is 44.7. The maximum Gasteiger partial charge on any atom is 0.461 e. The van der Waals surface area contributed by atoms with Crippen LogP contribution in [0.2, 0.25) is 0 Å². The molecule has 0 spiro atoms. The predicted molar refractivity (Wildman–Crippen MR) is 222 cm³/mol. The number of hydrazone groups is 4. The number of nitrogens with one attached hydrogen (secondary N) is 11. The molecule has 0 radical (unpaired) electrons. The van der Waals surface area contributed by atoms with Crippen LogP contribution in [0.25, 0.3) is 0 Å². The van der Waals surface area contributed by atoms with Gasteiger partial charge in [0.1, 0.15) is 0 Å². The van der Waals surface area contributed by atoms with Gasteiger partial charge in [-0.25, -0.2) is 21.7 Å². The lowest BCUT2D eigenvalue weighted by atomic mass is 10.0. The first-order chi connectivity index (χ1) is 27.1. The van der Waals surface area contributed by atoms with E-state index in [0.717, 1.165) is 12.1 Å². The van der Waals surface area contributed by atoms with Crippen LogP contribution in [0.4, 0.5) is 30.2 Å². The number of nitrogens with zero attached hydrogens (tertiary/aromatic N) is 4. The minimum atomic E-state index is -4.73. The maximum atomic E-state index is 13.8. The lowest BCUT2D eigenvalue weighted by Gasteiger charge is -2.15. The van der Waals surface area contributed by atoms with E-state index in [1.807, 2.05) is 0 Å². The van der Waals surface area contributed by atoms with Gasteiger partial charge in [0.05, 0.1) is 34.8 Å². The summed E-state index contributed by atoms with van der Waals surface area (Å²) in [4.78, 5) is 27.6. The quantitative estimate of drug-likeness (QED) is 0.0483. The zero-order valence-electron chi connectivity index (χ0n) is 31.2. The van der Waals surface area contributed by atoms with E-state index in [0.29, 0.717) is 45.1 Å². The van der Waals surface area contributed by atoms with E-state index < -0.39 is 53.1 Å². The third-order valence-corrected chi connectivity index (χ3v) is 7.74. The molecule has 0 saturated heterocycles. The molecule has 0 bridgehead atoms. The molecule has 0 heterocycles. The second-order valence-electron chi connectivity index (χ2n) is 11.8. The van der Waals surface area contributed by atoms with Gasteiger partial charge in [0.2, 0.25) is 23.8 Å².